The molecule has 0 aromatic heterocycles. The molecule has 0 atom stereocenters. The number of rotatable bonds is 10. The lowest BCUT2D eigenvalue weighted by Gasteiger charge is -2.22. The molecule has 0 aliphatic heterocycles. The average molecular weight is 395 g/mol. The molecule has 0 bridgehead atoms. The van der Waals surface area contributed by atoms with E-state index < -0.39 is 0 Å². The van der Waals surface area contributed by atoms with Gasteiger partial charge in [0.1, 0.15) is 0 Å². The Morgan fingerprint density at radius 3 is 2.89 bits per heavy atom. The molecule has 2 N–H and O–H groups in total. The van der Waals surface area contributed by atoms with Crippen LogP contribution in [0.5, 0.6) is 0 Å². The fraction of sp³-hybridized carbons (Fsp3) is 0.600. The van der Waals surface area contributed by atoms with Crippen LogP contribution in [0.4, 0.5) is 5.69 Å². The number of hydrogen-bond acceptors (Lipinski definition) is 3. The van der Waals surface area contributed by atoms with E-state index in [1.54, 1.807) is 0 Å². The van der Waals surface area contributed by atoms with E-state index in [-0.39, 0.29) is 5.91 Å². The molecule has 0 saturated heterocycles. The first kappa shape index (κ1) is 21.5. The Balaban J connectivity index is 1.76. The van der Waals surface area contributed by atoms with Crippen molar-refractivity contribution in [2.45, 2.75) is 33.1 Å². The summed E-state index contributed by atoms with van der Waals surface area (Å²) in [7, 11) is 1.98. The van der Waals surface area contributed by atoms with Crippen LogP contribution in [0.2, 0.25) is 5.02 Å². The lowest BCUT2D eigenvalue weighted by molar-refractivity contribution is -0.116. The van der Waals surface area contributed by atoms with Crippen molar-refractivity contribution in [2.75, 3.05) is 45.2 Å². The highest BCUT2D eigenvalue weighted by Gasteiger charge is 2.21. The number of aliphatic imine (C=N–C) groups is 1. The van der Waals surface area contributed by atoms with Crippen LogP contribution in [0.1, 0.15) is 31.7 Å². The van der Waals surface area contributed by atoms with Crippen LogP contribution in [0, 0.1) is 12.8 Å². The SMILES string of the molecule is CCNC(=NCCC(=O)Nc1cccc(Cl)c1C)N(C)CCOCC1CC1. The topological polar surface area (TPSA) is 66.0 Å². The molecule has 150 valence electrons. The van der Waals surface area contributed by atoms with Crippen LogP contribution in [-0.2, 0) is 9.53 Å². The number of nitrogens with one attached hydrogen (secondary N) is 2. The molecule has 0 radical (unpaired) electrons. The third-order valence-electron chi connectivity index (χ3n) is 4.46. The van der Waals surface area contributed by atoms with Crippen LogP contribution in [0.25, 0.3) is 0 Å². The zero-order chi connectivity index (χ0) is 19.6. The van der Waals surface area contributed by atoms with Gasteiger partial charge in [0, 0.05) is 43.9 Å². The second-order valence-electron chi connectivity index (χ2n) is 6.89. The maximum Gasteiger partial charge on any atom is 0.226 e. The molecule has 0 spiro atoms. The molecule has 1 aromatic carbocycles. The summed E-state index contributed by atoms with van der Waals surface area (Å²) < 4.78 is 5.69. The van der Waals surface area contributed by atoms with Gasteiger partial charge in [-0.05, 0) is 50.3 Å². The minimum atomic E-state index is -0.0737. The predicted molar refractivity (Wildman–Crippen MR) is 112 cm³/mol. The zero-order valence-corrected chi connectivity index (χ0v) is 17.3. The van der Waals surface area contributed by atoms with E-state index in [0.29, 0.717) is 24.6 Å². The third-order valence-corrected chi connectivity index (χ3v) is 4.87. The Hall–Kier alpha value is -1.79. The highest BCUT2D eigenvalue weighted by atomic mass is 35.5. The first-order chi connectivity index (χ1) is 13.0. The van der Waals surface area contributed by atoms with Crippen LogP contribution in [-0.4, -0.2) is 56.7 Å². The Bertz CT molecular complexity index is 647. The maximum absolute atomic E-state index is 12.2. The number of ether oxygens (including phenoxy) is 1. The van der Waals surface area contributed by atoms with Gasteiger partial charge < -0.3 is 20.3 Å². The maximum atomic E-state index is 12.2. The number of carbonyl (C=O) groups is 1. The molecule has 2 rings (SSSR count). The van der Waals surface area contributed by atoms with Gasteiger partial charge in [0.25, 0.3) is 0 Å². The standard InChI is InChI=1S/C20H31ClN4O2/c1-4-22-20(25(3)12-13-27-14-16-8-9-16)23-11-10-19(26)24-18-7-5-6-17(21)15(18)2/h5-7,16H,4,8-14H2,1-3H3,(H,22,23)(H,24,26). The lowest BCUT2D eigenvalue weighted by Crippen LogP contribution is -2.40. The van der Waals surface area contributed by atoms with Crippen LogP contribution < -0.4 is 10.6 Å². The molecule has 7 heteroatoms. The van der Waals surface area contributed by atoms with Gasteiger partial charge >= 0.3 is 0 Å². The minimum Gasteiger partial charge on any atom is -0.379 e. The Morgan fingerprint density at radius 2 is 2.19 bits per heavy atom. The average Bonchev–Trinajstić information content (AvgIpc) is 3.46. The van der Waals surface area contributed by atoms with E-state index in [1.165, 1.54) is 12.8 Å². The predicted octanol–water partition coefficient (Wildman–Crippen LogP) is 3.30. The van der Waals surface area contributed by atoms with E-state index in [4.69, 9.17) is 16.3 Å². The molecule has 0 heterocycles. The second kappa shape index (κ2) is 11.1. The Morgan fingerprint density at radius 1 is 1.41 bits per heavy atom. The molecular formula is C20H31ClN4O2. The number of benzene rings is 1. The van der Waals surface area contributed by atoms with Crippen LogP contribution in [0.15, 0.2) is 23.2 Å². The molecule has 6 nitrogen and oxygen atoms in total. The first-order valence-electron chi connectivity index (χ1n) is 9.63. The van der Waals surface area contributed by atoms with Crippen molar-refractivity contribution in [3.8, 4) is 0 Å². The van der Waals surface area contributed by atoms with E-state index in [1.807, 2.05) is 44.0 Å². The number of halogens is 1. The van der Waals surface area contributed by atoms with Crippen molar-refractivity contribution in [3.05, 3.63) is 28.8 Å². The Kier molecular flexibility index (Phi) is 8.88. The van der Waals surface area contributed by atoms with Gasteiger partial charge in [-0.25, -0.2) is 0 Å². The summed E-state index contributed by atoms with van der Waals surface area (Å²) in [6.45, 7) is 7.44. The molecule has 1 aromatic rings. The second-order valence-corrected chi connectivity index (χ2v) is 7.29. The number of guanidine groups is 1. The molecule has 1 aliphatic carbocycles. The normalized spacial score (nSPS) is 14.1. The fourth-order valence-corrected chi connectivity index (χ4v) is 2.71. The van der Waals surface area contributed by atoms with Crippen molar-refractivity contribution < 1.29 is 9.53 Å². The number of carbonyl (C=O) groups excluding carboxylic acids is 1. The van der Waals surface area contributed by atoms with Crippen molar-refractivity contribution in [3.63, 3.8) is 0 Å². The summed E-state index contributed by atoms with van der Waals surface area (Å²) in [5, 5.41) is 6.80. The fourth-order valence-electron chi connectivity index (χ4n) is 2.53. The monoisotopic (exact) mass is 394 g/mol. The van der Waals surface area contributed by atoms with Gasteiger partial charge in [0.2, 0.25) is 5.91 Å². The van der Waals surface area contributed by atoms with Crippen molar-refractivity contribution >= 4 is 29.2 Å². The van der Waals surface area contributed by atoms with E-state index in [9.17, 15) is 4.79 Å². The minimum absolute atomic E-state index is 0.0737. The van der Waals surface area contributed by atoms with Crippen molar-refractivity contribution in [2.24, 2.45) is 10.9 Å². The highest BCUT2D eigenvalue weighted by molar-refractivity contribution is 6.31. The van der Waals surface area contributed by atoms with Gasteiger partial charge in [-0.1, -0.05) is 17.7 Å². The van der Waals surface area contributed by atoms with Crippen LogP contribution >= 0.6 is 11.6 Å². The summed E-state index contributed by atoms with van der Waals surface area (Å²) in [5.74, 6) is 1.49. The summed E-state index contributed by atoms with van der Waals surface area (Å²) in [6.07, 6.45) is 2.92. The summed E-state index contributed by atoms with van der Waals surface area (Å²) in [4.78, 5) is 18.8. The lowest BCUT2D eigenvalue weighted by atomic mass is 10.2. The van der Waals surface area contributed by atoms with E-state index in [2.05, 4.69) is 15.6 Å². The number of hydrogen-bond donors (Lipinski definition) is 2. The molecule has 1 amide bonds. The van der Waals surface area contributed by atoms with Gasteiger partial charge in [-0.3, -0.25) is 9.79 Å². The number of anilines is 1. The van der Waals surface area contributed by atoms with Crippen LogP contribution in [0.3, 0.4) is 0 Å². The smallest absolute Gasteiger partial charge is 0.226 e. The van der Waals surface area contributed by atoms with Gasteiger partial charge in [0.15, 0.2) is 5.96 Å². The van der Waals surface area contributed by atoms with Gasteiger partial charge in [-0.15, -0.1) is 0 Å². The van der Waals surface area contributed by atoms with Crippen molar-refractivity contribution in [1.82, 2.24) is 10.2 Å². The molecule has 1 fully saturated rings. The van der Waals surface area contributed by atoms with E-state index >= 15 is 0 Å². The quantitative estimate of drug-likeness (QED) is 0.363. The Labute approximate surface area is 167 Å². The molecule has 1 aliphatic rings. The van der Waals surface area contributed by atoms with Gasteiger partial charge in [-0.2, -0.15) is 0 Å². The van der Waals surface area contributed by atoms with Crippen molar-refractivity contribution in [1.29, 1.82) is 0 Å². The number of amides is 1. The third kappa shape index (κ3) is 7.77. The highest BCUT2D eigenvalue weighted by Crippen LogP contribution is 2.28. The summed E-state index contributed by atoms with van der Waals surface area (Å²) in [5.41, 5.74) is 1.61. The molecule has 1 saturated carbocycles. The number of likely N-dealkylation sites (N-methyl/N-ethyl adjacent to an activating group) is 1. The molecular weight excluding hydrogens is 364 g/mol. The largest absolute Gasteiger partial charge is 0.379 e. The summed E-state index contributed by atoms with van der Waals surface area (Å²) in [6, 6.07) is 5.48. The number of nitrogens with zero attached hydrogens (tertiary/aromatic N) is 2. The molecule has 27 heavy (non-hydrogen) atoms. The summed E-state index contributed by atoms with van der Waals surface area (Å²) >= 11 is 6.09. The van der Waals surface area contributed by atoms with Gasteiger partial charge in [0.05, 0.1) is 13.2 Å². The first-order valence-corrected chi connectivity index (χ1v) is 10.0. The zero-order valence-electron chi connectivity index (χ0n) is 16.6. The molecule has 0 unspecified atom stereocenters. The van der Waals surface area contributed by atoms with E-state index in [0.717, 1.165) is 42.8 Å².